The second kappa shape index (κ2) is 5.24. The zero-order chi connectivity index (χ0) is 16.2. The van der Waals surface area contributed by atoms with Gasteiger partial charge in [-0.3, -0.25) is 0 Å². The lowest BCUT2D eigenvalue weighted by Crippen LogP contribution is -2.30. The van der Waals surface area contributed by atoms with Crippen LogP contribution >= 0.6 is 11.3 Å². The molecular formula is C15H19F2N5S. The summed E-state index contributed by atoms with van der Waals surface area (Å²) in [5, 5.41) is 3.26. The molecular weight excluding hydrogens is 320 g/mol. The monoisotopic (exact) mass is 339 g/mol. The normalized spacial score (nSPS) is 23.4. The van der Waals surface area contributed by atoms with Crippen LogP contribution in [-0.4, -0.2) is 36.1 Å². The number of nitrogens with one attached hydrogen (secondary N) is 1. The van der Waals surface area contributed by atoms with Gasteiger partial charge >= 0.3 is 0 Å². The smallest absolute Gasteiger partial charge is 0.282 e. The number of thiophene rings is 1. The van der Waals surface area contributed by atoms with Crippen molar-refractivity contribution in [1.82, 2.24) is 15.3 Å². The Morgan fingerprint density at radius 2 is 2.22 bits per heavy atom. The summed E-state index contributed by atoms with van der Waals surface area (Å²) in [6, 6.07) is 0.386. The zero-order valence-corrected chi connectivity index (χ0v) is 13.7. The summed E-state index contributed by atoms with van der Waals surface area (Å²) in [7, 11) is 1.93. The van der Waals surface area contributed by atoms with Crippen molar-refractivity contribution in [2.75, 3.05) is 30.8 Å². The van der Waals surface area contributed by atoms with Crippen molar-refractivity contribution >= 4 is 33.3 Å². The first kappa shape index (κ1) is 15.0. The first-order valence-corrected chi connectivity index (χ1v) is 8.70. The van der Waals surface area contributed by atoms with Crippen LogP contribution in [0.1, 0.15) is 29.7 Å². The first-order valence-electron chi connectivity index (χ1n) is 7.89. The fourth-order valence-corrected chi connectivity index (χ4v) is 4.86. The third kappa shape index (κ3) is 2.35. The van der Waals surface area contributed by atoms with Crippen LogP contribution in [-0.2, 0) is 12.3 Å². The highest BCUT2D eigenvalue weighted by Gasteiger charge is 2.40. The van der Waals surface area contributed by atoms with Crippen molar-refractivity contribution in [2.45, 2.75) is 37.6 Å². The lowest BCUT2D eigenvalue weighted by Gasteiger charge is -2.21. The first-order chi connectivity index (χ1) is 11.0. The Morgan fingerprint density at radius 3 is 2.96 bits per heavy atom. The molecule has 1 atom stereocenters. The van der Waals surface area contributed by atoms with E-state index in [9.17, 15) is 8.78 Å². The number of nitrogens with zero attached hydrogens (tertiary/aromatic N) is 3. The summed E-state index contributed by atoms with van der Waals surface area (Å²) in [4.78, 5) is 10.9. The van der Waals surface area contributed by atoms with Gasteiger partial charge in [0.15, 0.2) is 5.82 Å². The van der Waals surface area contributed by atoms with Crippen LogP contribution in [0.15, 0.2) is 0 Å². The van der Waals surface area contributed by atoms with Crippen LogP contribution in [0, 0.1) is 0 Å². The van der Waals surface area contributed by atoms with Crippen molar-refractivity contribution in [3.8, 4) is 0 Å². The maximum Gasteiger partial charge on any atom is 0.282 e. The van der Waals surface area contributed by atoms with Crippen LogP contribution in [0.4, 0.5) is 20.5 Å². The van der Waals surface area contributed by atoms with Crippen LogP contribution in [0.25, 0.3) is 10.2 Å². The van der Waals surface area contributed by atoms with E-state index in [0.29, 0.717) is 35.8 Å². The number of aromatic nitrogens is 2. The van der Waals surface area contributed by atoms with E-state index in [2.05, 4.69) is 20.2 Å². The number of aryl methyl sites for hydroxylation is 1. The molecule has 5 nitrogen and oxygen atoms in total. The van der Waals surface area contributed by atoms with E-state index in [1.54, 1.807) is 0 Å². The van der Waals surface area contributed by atoms with Gasteiger partial charge in [-0.05, 0) is 31.9 Å². The van der Waals surface area contributed by atoms with E-state index in [1.165, 1.54) is 0 Å². The average Bonchev–Trinajstić information content (AvgIpc) is 3.12. The molecule has 1 aliphatic heterocycles. The number of nitrogens with two attached hydrogens (primary N) is 1. The van der Waals surface area contributed by atoms with Crippen molar-refractivity contribution in [1.29, 1.82) is 0 Å². The van der Waals surface area contributed by atoms with Gasteiger partial charge in [-0.2, -0.15) is 4.98 Å². The highest BCUT2D eigenvalue weighted by atomic mass is 32.1. The van der Waals surface area contributed by atoms with Crippen molar-refractivity contribution in [3.63, 3.8) is 0 Å². The summed E-state index contributed by atoms with van der Waals surface area (Å²) in [5.41, 5.74) is 7.16. The molecule has 8 heteroatoms. The number of alkyl halides is 2. The molecule has 23 heavy (non-hydrogen) atoms. The van der Waals surface area contributed by atoms with Gasteiger partial charge in [0, 0.05) is 25.6 Å². The molecule has 4 rings (SSSR count). The standard InChI is InChI=1S/C15H19F2N5S/c1-19-8-4-6-22(7-8)13-11-10(20-14(18)21-13)9-3-2-5-15(16,17)12(9)23-11/h8,19H,2-7H2,1H3,(H2,18,20,21)/t8-/m0/s1. The van der Waals surface area contributed by atoms with Gasteiger partial charge in [-0.1, -0.05) is 0 Å². The van der Waals surface area contributed by atoms with E-state index in [4.69, 9.17) is 5.73 Å². The zero-order valence-electron chi connectivity index (χ0n) is 12.9. The topological polar surface area (TPSA) is 67.1 Å². The van der Waals surface area contributed by atoms with Crippen molar-refractivity contribution in [2.24, 2.45) is 0 Å². The van der Waals surface area contributed by atoms with Gasteiger partial charge in [-0.15, -0.1) is 11.3 Å². The van der Waals surface area contributed by atoms with Gasteiger partial charge in [0.2, 0.25) is 5.95 Å². The second-order valence-electron chi connectivity index (χ2n) is 6.27. The van der Waals surface area contributed by atoms with E-state index in [1.807, 2.05) is 7.05 Å². The molecule has 2 aromatic heterocycles. The average molecular weight is 339 g/mol. The molecule has 0 unspecified atom stereocenters. The number of fused-ring (bicyclic) bond motifs is 3. The van der Waals surface area contributed by atoms with Gasteiger partial charge in [0.1, 0.15) is 0 Å². The Labute approximate surface area is 136 Å². The molecule has 0 amide bonds. The summed E-state index contributed by atoms with van der Waals surface area (Å²) >= 11 is 1.15. The minimum Gasteiger partial charge on any atom is -0.368 e. The Bertz CT molecular complexity index is 760. The number of nitrogen functional groups attached to an aromatic ring is 1. The Hall–Kier alpha value is -1.54. The molecule has 0 aromatic carbocycles. The lowest BCUT2D eigenvalue weighted by molar-refractivity contribution is -0.0174. The molecule has 2 aromatic rings. The fraction of sp³-hybridized carbons (Fsp3) is 0.600. The fourth-order valence-electron chi connectivity index (χ4n) is 3.56. The van der Waals surface area contributed by atoms with Gasteiger partial charge in [-0.25, -0.2) is 13.8 Å². The number of likely N-dealkylation sites (N-methyl/N-ethyl adjacent to an activating group) is 1. The lowest BCUT2D eigenvalue weighted by atomic mass is 9.95. The molecule has 0 spiro atoms. The van der Waals surface area contributed by atoms with Crippen LogP contribution in [0.3, 0.4) is 0 Å². The SMILES string of the molecule is CN[C@H]1CCN(c2nc(N)nc3c4c(sc23)C(F)(F)CCC4)C1. The number of hydrogen-bond acceptors (Lipinski definition) is 6. The van der Waals surface area contributed by atoms with Crippen LogP contribution < -0.4 is 16.0 Å². The summed E-state index contributed by atoms with van der Waals surface area (Å²) in [5.74, 6) is -1.89. The van der Waals surface area contributed by atoms with Crippen LogP contribution in [0.5, 0.6) is 0 Å². The van der Waals surface area contributed by atoms with Crippen molar-refractivity contribution < 1.29 is 8.78 Å². The highest BCUT2D eigenvalue weighted by Crippen LogP contribution is 2.49. The highest BCUT2D eigenvalue weighted by molar-refractivity contribution is 7.20. The third-order valence-corrected chi connectivity index (χ3v) is 6.10. The van der Waals surface area contributed by atoms with Crippen LogP contribution in [0.2, 0.25) is 0 Å². The minimum atomic E-state index is -2.76. The predicted octanol–water partition coefficient (Wildman–Crippen LogP) is 2.50. The summed E-state index contributed by atoms with van der Waals surface area (Å²) in [6.07, 6.45) is 2.04. The van der Waals surface area contributed by atoms with Gasteiger partial charge in [0.05, 0.1) is 15.1 Å². The molecule has 1 aliphatic carbocycles. The Morgan fingerprint density at radius 1 is 1.39 bits per heavy atom. The summed E-state index contributed by atoms with van der Waals surface area (Å²) in [6.45, 7) is 1.65. The maximum atomic E-state index is 14.3. The molecule has 1 fully saturated rings. The minimum absolute atomic E-state index is 0.0867. The molecule has 0 bridgehead atoms. The second-order valence-corrected chi connectivity index (χ2v) is 7.29. The van der Waals surface area contributed by atoms with Gasteiger partial charge in [0.25, 0.3) is 5.92 Å². The van der Waals surface area contributed by atoms with E-state index in [-0.39, 0.29) is 17.2 Å². The number of halogens is 2. The molecule has 3 N–H and O–H groups in total. The number of rotatable bonds is 2. The molecule has 124 valence electrons. The molecule has 1 saturated heterocycles. The molecule has 2 aliphatic rings. The van der Waals surface area contributed by atoms with E-state index < -0.39 is 5.92 Å². The quantitative estimate of drug-likeness (QED) is 0.880. The van der Waals surface area contributed by atoms with Crippen molar-refractivity contribution in [3.05, 3.63) is 10.4 Å². The van der Waals surface area contributed by atoms with Gasteiger partial charge < -0.3 is 16.0 Å². The van der Waals surface area contributed by atoms with E-state index in [0.717, 1.165) is 35.5 Å². The number of hydrogen-bond donors (Lipinski definition) is 2. The maximum absolute atomic E-state index is 14.3. The number of anilines is 2. The van der Waals surface area contributed by atoms with E-state index >= 15 is 0 Å². The third-order valence-electron chi connectivity index (χ3n) is 4.77. The molecule has 3 heterocycles. The molecule has 0 radical (unpaired) electrons. The predicted molar refractivity (Wildman–Crippen MR) is 88.3 cm³/mol. The Kier molecular flexibility index (Phi) is 3.42. The largest absolute Gasteiger partial charge is 0.368 e. The molecule has 0 saturated carbocycles. The summed E-state index contributed by atoms with van der Waals surface area (Å²) < 4.78 is 29.3. The Balaban J connectivity index is 1.87.